The maximum atomic E-state index is 13.1. The molecule has 0 bridgehead atoms. The second-order valence-corrected chi connectivity index (χ2v) is 6.42. The third-order valence-corrected chi connectivity index (χ3v) is 4.41. The smallest absolute Gasteiger partial charge is 0.343 e. The number of Topliss-reactive ketones (excluding diaryl/α,β-unsaturated/α-hetero) is 1. The number of ketones is 1. The first-order valence-electron chi connectivity index (χ1n) is 8.29. The van der Waals surface area contributed by atoms with Crippen LogP contribution < -0.4 is 0 Å². The van der Waals surface area contributed by atoms with E-state index in [1.54, 1.807) is 6.92 Å². The van der Waals surface area contributed by atoms with Crippen LogP contribution in [0.1, 0.15) is 33.3 Å². The summed E-state index contributed by atoms with van der Waals surface area (Å²) in [5, 5.41) is 4.17. The predicted molar refractivity (Wildman–Crippen MR) is 98.9 cm³/mol. The fourth-order valence-corrected chi connectivity index (χ4v) is 2.96. The lowest BCUT2D eigenvalue weighted by Gasteiger charge is -2.12. The minimum atomic E-state index is -1.11. The molecule has 0 spiro atoms. The van der Waals surface area contributed by atoms with Gasteiger partial charge in [-0.25, -0.2) is 18.3 Å². The zero-order chi connectivity index (χ0) is 20.4. The van der Waals surface area contributed by atoms with Gasteiger partial charge in [0, 0.05) is 5.56 Å². The Morgan fingerprint density at radius 3 is 2.14 bits per heavy atom. The van der Waals surface area contributed by atoms with E-state index in [4.69, 9.17) is 16.3 Å². The van der Waals surface area contributed by atoms with E-state index in [0.717, 1.165) is 12.1 Å². The highest BCUT2D eigenvalue weighted by molar-refractivity contribution is 6.33. The van der Waals surface area contributed by atoms with Crippen LogP contribution in [0.3, 0.4) is 0 Å². The van der Waals surface area contributed by atoms with Crippen LogP contribution in [0.4, 0.5) is 8.78 Å². The van der Waals surface area contributed by atoms with E-state index in [1.165, 1.54) is 48.0 Å². The van der Waals surface area contributed by atoms with Gasteiger partial charge in [-0.1, -0.05) is 11.6 Å². The van der Waals surface area contributed by atoms with Crippen molar-refractivity contribution in [1.82, 2.24) is 9.78 Å². The molecule has 0 saturated heterocycles. The van der Waals surface area contributed by atoms with Crippen LogP contribution in [0.5, 0.6) is 0 Å². The standard InChI is InChI=1S/C20H15ClF2N2O3/c1-11-17(19(21)25(24-11)16-9-7-15(23)8-10-16)20(27)28-12(2)18(26)13-3-5-14(22)6-4-13/h3-10,12H,1-2H3/t12-/m0/s1. The Kier molecular flexibility index (Phi) is 5.56. The minimum Gasteiger partial charge on any atom is -0.451 e. The molecule has 3 aromatic rings. The Hall–Kier alpha value is -3.06. The van der Waals surface area contributed by atoms with Crippen LogP contribution in [0.25, 0.3) is 5.69 Å². The molecule has 1 atom stereocenters. The molecule has 0 aliphatic carbocycles. The molecule has 1 aromatic heterocycles. The van der Waals surface area contributed by atoms with Crippen molar-refractivity contribution in [2.45, 2.75) is 20.0 Å². The number of halogens is 3. The molecule has 144 valence electrons. The van der Waals surface area contributed by atoms with Gasteiger partial charge in [0.2, 0.25) is 5.78 Å². The molecular formula is C20H15ClF2N2O3. The van der Waals surface area contributed by atoms with Crippen molar-refractivity contribution in [1.29, 1.82) is 0 Å². The van der Waals surface area contributed by atoms with E-state index in [2.05, 4.69) is 5.10 Å². The molecule has 0 amide bonds. The van der Waals surface area contributed by atoms with E-state index in [-0.39, 0.29) is 16.3 Å². The molecule has 0 unspecified atom stereocenters. The molecule has 2 aromatic carbocycles. The second kappa shape index (κ2) is 7.90. The maximum Gasteiger partial charge on any atom is 0.343 e. The number of aryl methyl sites for hydroxylation is 1. The fraction of sp³-hybridized carbons (Fsp3) is 0.150. The van der Waals surface area contributed by atoms with Gasteiger partial charge in [0.25, 0.3) is 0 Å². The summed E-state index contributed by atoms with van der Waals surface area (Å²) in [6.07, 6.45) is -1.11. The summed E-state index contributed by atoms with van der Waals surface area (Å²) in [4.78, 5) is 24.9. The largest absolute Gasteiger partial charge is 0.451 e. The lowest BCUT2D eigenvalue weighted by molar-refractivity contribution is 0.0318. The van der Waals surface area contributed by atoms with E-state index in [1.807, 2.05) is 0 Å². The van der Waals surface area contributed by atoms with Crippen molar-refractivity contribution in [3.8, 4) is 5.69 Å². The molecule has 3 rings (SSSR count). The lowest BCUT2D eigenvalue weighted by atomic mass is 10.1. The first-order chi connectivity index (χ1) is 13.3. The summed E-state index contributed by atoms with van der Waals surface area (Å²) in [6.45, 7) is 2.98. The number of carbonyl (C=O) groups excluding carboxylic acids is 2. The Morgan fingerprint density at radius 1 is 1.04 bits per heavy atom. The molecular weight excluding hydrogens is 390 g/mol. The van der Waals surface area contributed by atoms with Gasteiger partial charge in [0.05, 0.1) is 11.4 Å². The molecule has 28 heavy (non-hydrogen) atoms. The third kappa shape index (κ3) is 3.94. The minimum absolute atomic E-state index is 0.00440. The van der Waals surface area contributed by atoms with Gasteiger partial charge in [0.1, 0.15) is 22.4 Å². The highest BCUT2D eigenvalue weighted by Crippen LogP contribution is 2.25. The fourth-order valence-electron chi connectivity index (χ4n) is 2.61. The third-order valence-electron chi connectivity index (χ3n) is 4.06. The number of benzene rings is 2. The first-order valence-corrected chi connectivity index (χ1v) is 8.67. The summed E-state index contributed by atoms with van der Waals surface area (Å²) in [5.41, 5.74) is 0.973. The van der Waals surface area contributed by atoms with E-state index in [9.17, 15) is 18.4 Å². The number of hydrogen-bond acceptors (Lipinski definition) is 4. The molecule has 0 fully saturated rings. The monoisotopic (exact) mass is 404 g/mol. The molecule has 0 saturated carbocycles. The Morgan fingerprint density at radius 2 is 1.57 bits per heavy atom. The van der Waals surface area contributed by atoms with Gasteiger partial charge in [-0.15, -0.1) is 0 Å². The SMILES string of the molecule is Cc1nn(-c2ccc(F)cc2)c(Cl)c1C(=O)O[C@@H](C)C(=O)c1ccc(F)cc1. The number of ether oxygens (including phenoxy) is 1. The Bertz CT molecular complexity index is 1030. The van der Waals surface area contributed by atoms with Crippen molar-refractivity contribution >= 4 is 23.4 Å². The van der Waals surface area contributed by atoms with Crippen molar-refractivity contribution in [3.63, 3.8) is 0 Å². The normalized spacial score (nSPS) is 11.9. The van der Waals surface area contributed by atoms with Gasteiger partial charge in [-0.3, -0.25) is 4.79 Å². The first kappa shape index (κ1) is 19.7. The number of aromatic nitrogens is 2. The van der Waals surface area contributed by atoms with Crippen LogP contribution >= 0.6 is 11.6 Å². The Labute approximate surface area is 164 Å². The molecule has 5 nitrogen and oxygen atoms in total. The number of carbonyl (C=O) groups is 2. The number of rotatable bonds is 5. The van der Waals surface area contributed by atoms with Crippen LogP contribution in [0.15, 0.2) is 48.5 Å². The van der Waals surface area contributed by atoms with Crippen molar-refractivity contribution in [3.05, 3.63) is 82.1 Å². The van der Waals surface area contributed by atoms with Crippen molar-refractivity contribution in [2.24, 2.45) is 0 Å². The van der Waals surface area contributed by atoms with Crippen molar-refractivity contribution < 1.29 is 23.1 Å². The van der Waals surface area contributed by atoms with Gasteiger partial charge < -0.3 is 4.74 Å². The summed E-state index contributed by atoms with van der Waals surface area (Å²) in [7, 11) is 0. The van der Waals surface area contributed by atoms with Gasteiger partial charge >= 0.3 is 5.97 Å². The Balaban J connectivity index is 1.81. The summed E-state index contributed by atoms with van der Waals surface area (Å²) >= 11 is 6.28. The summed E-state index contributed by atoms with van der Waals surface area (Å²) < 4.78 is 32.6. The molecule has 0 radical (unpaired) electrons. The van der Waals surface area contributed by atoms with Crippen LogP contribution in [0, 0.1) is 18.6 Å². The average Bonchev–Trinajstić information content (AvgIpc) is 2.96. The maximum absolute atomic E-state index is 13.1. The van der Waals surface area contributed by atoms with E-state index in [0.29, 0.717) is 11.4 Å². The van der Waals surface area contributed by atoms with Crippen LogP contribution in [0.2, 0.25) is 5.15 Å². The zero-order valence-electron chi connectivity index (χ0n) is 14.9. The van der Waals surface area contributed by atoms with Gasteiger partial charge in [0.15, 0.2) is 6.10 Å². The van der Waals surface area contributed by atoms with E-state index < -0.39 is 29.5 Å². The molecule has 0 N–H and O–H groups in total. The molecule has 0 aliphatic rings. The molecule has 1 heterocycles. The molecule has 0 aliphatic heterocycles. The van der Waals surface area contributed by atoms with Crippen LogP contribution in [-0.4, -0.2) is 27.6 Å². The highest BCUT2D eigenvalue weighted by Gasteiger charge is 2.26. The number of hydrogen-bond donors (Lipinski definition) is 0. The van der Waals surface area contributed by atoms with Gasteiger partial charge in [-0.2, -0.15) is 5.10 Å². The summed E-state index contributed by atoms with van der Waals surface area (Å²) in [5.74, 6) is -2.19. The summed E-state index contributed by atoms with van der Waals surface area (Å²) in [6, 6.07) is 10.3. The lowest BCUT2D eigenvalue weighted by Crippen LogP contribution is -2.24. The topological polar surface area (TPSA) is 61.2 Å². The second-order valence-electron chi connectivity index (χ2n) is 6.06. The molecule has 8 heteroatoms. The van der Waals surface area contributed by atoms with Gasteiger partial charge in [-0.05, 0) is 62.4 Å². The zero-order valence-corrected chi connectivity index (χ0v) is 15.7. The van der Waals surface area contributed by atoms with E-state index >= 15 is 0 Å². The van der Waals surface area contributed by atoms with Crippen molar-refractivity contribution in [2.75, 3.05) is 0 Å². The predicted octanol–water partition coefficient (Wildman–Crippen LogP) is 4.54. The highest BCUT2D eigenvalue weighted by atomic mass is 35.5. The van der Waals surface area contributed by atoms with Crippen LogP contribution in [-0.2, 0) is 4.74 Å². The number of nitrogens with zero attached hydrogens (tertiary/aromatic N) is 2. The number of esters is 1. The quantitative estimate of drug-likeness (QED) is 0.462. The average molecular weight is 405 g/mol.